The summed E-state index contributed by atoms with van der Waals surface area (Å²) in [5, 5.41) is 16.1. The van der Waals surface area contributed by atoms with Crippen molar-refractivity contribution in [1.29, 1.82) is 0 Å². The van der Waals surface area contributed by atoms with Crippen LogP contribution < -0.4 is 21.9 Å². The van der Waals surface area contributed by atoms with Gasteiger partial charge >= 0.3 is 12.1 Å². The lowest BCUT2D eigenvalue weighted by Crippen LogP contribution is -2.51. The van der Waals surface area contributed by atoms with Crippen LogP contribution in [0.3, 0.4) is 0 Å². The molecule has 0 saturated carbocycles. The zero-order valence-corrected chi connectivity index (χ0v) is 30.7. The van der Waals surface area contributed by atoms with Gasteiger partial charge in [-0.3, -0.25) is 19.2 Å². The Labute approximate surface area is 307 Å². The molecule has 2 aromatic heterocycles. The molecular weight excluding hydrogens is 684 g/mol. The summed E-state index contributed by atoms with van der Waals surface area (Å²) in [4.78, 5) is 84.1. The van der Waals surface area contributed by atoms with Crippen molar-refractivity contribution in [2.75, 3.05) is 20.1 Å². The van der Waals surface area contributed by atoms with Crippen LogP contribution >= 0.6 is 0 Å². The molecule has 5 rings (SSSR count). The number of ether oxygens (including phenoxy) is 2. The van der Waals surface area contributed by atoms with E-state index in [1.54, 1.807) is 35.8 Å². The Morgan fingerprint density at radius 1 is 1.09 bits per heavy atom. The number of pyridine rings is 2. The average Bonchev–Trinajstić information content (AvgIpc) is 3.49. The number of unbranched alkanes of at least 4 members (excludes halogenated alkanes) is 4. The Bertz CT molecular complexity index is 1990. The average molecular weight is 733 g/mol. The molecule has 15 heteroatoms. The number of likely N-dealkylation sites (N-methyl/N-ethyl adjacent to an activating group) is 1. The number of hydrogen-bond donors (Lipinski definition) is 4. The fourth-order valence-corrected chi connectivity index (χ4v) is 7.07. The number of hydrogen-bond acceptors (Lipinski definition) is 10. The highest BCUT2D eigenvalue weighted by atomic mass is 16.6. The van der Waals surface area contributed by atoms with Gasteiger partial charge in [0.15, 0.2) is 0 Å². The van der Waals surface area contributed by atoms with Crippen molar-refractivity contribution in [3.05, 3.63) is 56.9 Å². The molecular formula is C38H48N6O9. The second-order valence-corrected chi connectivity index (χ2v) is 13.6. The maximum absolute atomic E-state index is 14.0. The number of esters is 1. The Morgan fingerprint density at radius 3 is 2.55 bits per heavy atom. The molecule has 15 nitrogen and oxygen atoms in total. The van der Waals surface area contributed by atoms with Crippen molar-refractivity contribution in [3.8, 4) is 17.1 Å². The molecule has 0 radical (unpaired) electrons. The number of aryl methyl sites for hydroxylation is 1. The first kappa shape index (κ1) is 38.8. The van der Waals surface area contributed by atoms with Crippen LogP contribution in [0.1, 0.15) is 94.4 Å². The van der Waals surface area contributed by atoms with E-state index in [2.05, 4.69) is 17.6 Å². The third-order valence-electron chi connectivity index (χ3n) is 9.99. The van der Waals surface area contributed by atoms with Crippen LogP contribution in [0.4, 0.5) is 4.79 Å². The quantitative estimate of drug-likeness (QED) is 0.0975. The standard InChI is InChI=1S/C38H48N6O9/c1-5-8-9-10-11-12-32(47)41-29(19-31(39)46)34(48)40-15-16-43(4)37(51)53-38(7-3)27-18-30-33-25(20-44(30)35(49)26(27)21-52-36(38)50)23(6-2)24-17-22(45)13-14-28(24)42-33/h13-14,17-18,29,45H,5-12,15-16,19-21H2,1-4H3,(H2,39,46)(H,40,48)(H,41,47)/t29-,38+/m1/s1. The summed E-state index contributed by atoms with van der Waals surface area (Å²) >= 11 is 0. The van der Waals surface area contributed by atoms with E-state index in [4.69, 9.17) is 20.2 Å². The van der Waals surface area contributed by atoms with Crippen LogP contribution in [0.5, 0.6) is 5.75 Å². The summed E-state index contributed by atoms with van der Waals surface area (Å²) in [6, 6.07) is 5.41. The monoisotopic (exact) mass is 732 g/mol. The molecule has 3 aromatic rings. The number of primary amides is 1. The van der Waals surface area contributed by atoms with Gasteiger partial charge in [0.1, 0.15) is 18.4 Å². The molecule has 0 aliphatic carbocycles. The second kappa shape index (κ2) is 16.5. The number of nitrogens with two attached hydrogens (primary N) is 1. The van der Waals surface area contributed by atoms with Crippen molar-refractivity contribution >= 4 is 40.7 Å². The van der Waals surface area contributed by atoms with Crippen LogP contribution in [-0.4, -0.2) is 75.5 Å². The Hall–Kier alpha value is -5.47. The molecule has 0 fully saturated rings. The van der Waals surface area contributed by atoms with Crippen molar-refractivity contribution < 1.29 is 38.6 Å². The molecule has 2 aliphatic rings. The number of cyclic esters (lactones) is 1. The third kappa shape index (κ3) is 7.98. The first-order valence-electron chi connectivity index (χ1n) is 18.2. The molecule has 53 heavy (non-hydrogen) atoms. The molecule has 0 saturated heterocycles. The molecule has 284 valence electrons. The van der Waals surface area contributed by atoms with Crippen LogP contribution in [0, 0.1) is 0 Å². The molecule has 2 aliphatic heterocycles. The summed E-state index contributed by atoms with van der Waals surface area (Å²) in [6.07, 6.45) is 4.19. The number of fused-ring (bicyclic) bond motifs is 5. The van der Waals surface area contributed by atoms with E-state index in [1.165, 1.54) is 7.05 Å². The number of aromatic nitrogens is 2. The summed E-state index contributed by atoms with van der Waals surface area (Å²) in [7, 11) is 1.42. The van der Waals surface area contributed by atoms with Crippen LogP contribution in [-0.2, 0) is 53.8 Å². The van der Waals surface area contributed by atoms with Crippen LogP contribution in [0.15, 0.2) is 29.1 Å². The number of phenols is 1. The van der Waals surface area contributed by atoms with E-state index in [1.807, 2.05) is 6.92 Å². The zero-order valence-electron chi connectivity index (χ0n) is 30.7. The largest absolute Gasteiger partial charge is 0.508 e. The molecule has 0 bridgehead atoms. The van der Waals surface area contributed by atoms with Crippen molar-refractivity contribution in [2.24, 2.45) is 5.73 Å². The predicted octanol–water partition coefficient (Wildman–Crippen LogP) is 3.26. The number of benzene rings is 1. The number of rotatable bonds is 16. The van der Waals surface area contributed by atoms with Gasteiger partial charge in [-0.15, -0.1) is 0 Å². The van der Waals surface area contributed by atoms with Crippen molar-refractivity contribution in [1.82, 2.24) is 25.1 Å². The highest BCUT2D eigenvalue weighted by Gasteiger charge is 2.51. The maximum Gasteiger partial charge on any atom is 0.411 e. The summed E-state index contributed by atoms with van der Waals surface area (Å²) in [5.41, 5.74) is 6.86. The van der Waals surface area contributed by atoms with Crippen LogP contribution in [0.2, 0.25) is 0 Å². The van der Waals surface area contributed by atoms with Gasteiger partial charge < -0.3 is 40.4 Å². The minimum absolute atomic E-state index is 0.0391. The molecule has 0 spiro atoms. The van der Waals surface area contributed by atoms with E-state index >= 15 is 0 Å². The highest BCUT2D eigenvalue weighted by molar-refractivity contribution is 5.92. The zero-order chi connectivity index (χ0) is 38.4. The first-order valence-corrected chi connectivity index (χ1v) is 18.2. The number of aromatic hydroxyl groups is 1. The molecule has 1 aromatic carbocycles. The number of carbonyl (C=O) groups excluding carboxylic acids is 5. The van der Waals surface area contributed by atoms with Gasteiger partial charge in [-0.1, -0.05) is 46.5 Å². The third-order valence-corrected chi connectivity index (χ3v) is 9.99. The predicted molar refractivity (Wildman–Crippen MR) is 195 cm³/mol. The Kier molecular flexibility index (Phi) is 12.0. The molecule has 0 unspecified atom stereocenters. The summed E-state index contributed by atoms with van der Waals surface area (Å²) in [5.74, 6) is -2.48. The van der Waals surface area contributed by atoms with E-state index in [9.17, 15) is 33.9 Å². The summed E-state index contributed by atoms with van der Waals surface area (Å²) < 4.78 is 12.9. The highest BCUT2D eigenvalue weighted by Crippen LogP contribution is 2.42. The normalized spacial score (nSPS) is 16.2. The lowest BCUT2D eigenvalue weighted by atomic mass is 9.85. The van der Waals surface area contributed by atoms with Crippen molar-refractivity contribution in [3.63, 3.8) is 0 Å². The lowest BCUT2D eigenvalue weighted by molar-refractivity contribution is -0.173. The topological polar surface area (TPSA) is 212 Å². The van der Waals surface area contributed by atoms with Gasteiger partial charge in [0, 0.05) is 43.1 Å². The molecule has 5 N–H and O–H groups in total. The molecule has 4 heterocycles. The Balaban J connectivity index is 1.31. The van der Waals surface area contributed by atoms with E-state index in [0.29, 0.717) is 29.7 Å². The van der Waals surface area contributed by atoms with Gasteiger partial charge in [0.05, 0.1) is 35.4 Å². The van der Waals surface area contributed by atoms with E-state index < -0.39 is 47.5 Å². The lowest BCUT2D eigenvalue weighted by Gasteiger charge is -2.36. The fourth-order valence-electron chi connectivity index (χ4n) is 7.07. The summed E-state index contributed by atoms with van der Waals surface area (Å²) in [6.45, 7) is 5.54. The van der Waals surface area contributed by atoms with Crippen molar-refractivity contribution in [2.45, 2.75) is 103 Å². The number of nitrogens with one attached hydrogen (secondary N) is 2. The SMILES string of the molecule is CCCCCCCC(=O)N[C@H](CC(N)=O)C(=O)NCCN(C)C(=O)O[C@]1(CC)C(=O)OCc2c1cc1n(c2=O)Cc2c-1nc1ccc(O)cc1c2CC. The maximum atomic E-state index is 14.0. The van der Waals surface area contributed by atoms with Gasteiger partial charge in [0.25, 0.3) is 5.56 Å². The van der Waals surface area contributed by atoms with E-state index in [-0.39, 0.29) is 61.9 Å². The molecule has 2 atom stereocenters. The van der Waals surface area contributed by atoms with E-state index in [0.717, 1.165) is 47.1 Å². The number of nitrogens with zero attached hydrogens (tertiary/aromatic N) is 3. The minimum atomic E-state index is -1.94. The minimum Gasteiger partial charge on any atom is -0.508 e. The number of amides is 4. The number of carbonyl (C=O) groups is 5. The van der Waals surface area contributed by atoms with Gasteiger partial charge in [0.2, 0.25) is 23.3 Å². The van der Waals surface area contributed by atoms with Gasteiger partial charge in [-0.05, 0) is 49.1 Å². The second-order valence-electron chi connectivity index (χ2n) is 13.6. The van der Waals surface area contributed by atoms with Gasteiger partial charge in [-0.2, -0.15) is 0 Å². The Morgan fingerprint density at radius 2 is 1.85 bits per heavy atom. The number of phenolic OH excluding ortho intramolecular Hbond substituents is 1. The smallest absolute Gasteiger partial charge is 0.411 e. The first-order chi connectivity index (χ1) is 25.3. The fraction of sp³-hybridized carbons (Fsp3) is 0.500. The molecule has 4 amide bonds. The van der Waals surface area contributed by atoms with Gasteiger partial charge in [-0.25, -0.2) is 14.6 Å². The van der Waals surface area contributed by atoms with Crippen LogP contribution in [0.25, 0.3) is 22.3 Å².